The highest BCUT2D eigenvalue weighted by molar-refractivity contribution is 6.05. The van der Waals surface area contributed by atoms with Crippen molar-refractivity contribution in [2.24, 2.45) is 0 Å². The van der Waals surface area contributed by atoms with Gasteiger partial charge in [-0.05, 0) is 101 Å². The normalized spacial score (nSPS) is 11.5. The van der Waals surface area contributed by atoms with Crippen LogP contribution in [0.25, 0.3) is 77.3 Å². The third-order valence-corrected chi connectivity index (χ3v) is 9.63. The number of furan rings is 1. The topological polar surface area (TPSA) is 80.8 Å². The average Bonchev–Trinajstić information content (AvgIpc) is 3.59. The molecule has 0 aliphatic heterocycles. The fourth-order valence-electron chi connectivity index (χ4n) is 6.95. The zero-order chi connectivity index (χ0) is 34.4. The summed E-state index contributed by atoms with van der Waals surface area (Å²) < 4.78 is 6.16. The third kappa shape index (κ3) is 5.28. The van der Waals surface area contributed by atoms with Crippen LogP contribution in [0.2, 0.25) is 0 Å². The Kier molecular flexibility index (Phi) is 6.99. The number of hydrogen-bond acceptors (Lipinski definition) is 7. The summed E-state index contributed by atoms with van der Waals surface area (Å²) in [6.45, 7) is 0. The molecule has 6 aromatic carbocycles. The summed E-state index contributed by atoms with van der Waals surface area (Å²) >= 11 is 0. The van der Waals surface area contributed by atoms with E-state index in [1.54, 1.807) is 12.4 Å². The van der Waals surface area contributed by atoms with Gasteiger partial charge in [-0.1, -0.05) is 66.7 Å². The number of rotatable bonds is 6. The minimum absolute atomic E-state index is 0.829. The van der Waals surface area contributed by atoms with Crippen molar-refractivity contribution in [2.75, 3.05) is 4.90 Å². The van der Waals surface area contributed by atoms with Gasteiger partial charge in [0.05, 0.1) is 29.1 Å². The van der Waals surface area contributed by atoms with E-state index in [1.165, 1.54) is 0 Å². The lowest BCUT2D eigenvalue weighted by Gasteiger charge is -2.26. The molecule has 0 atom stereocenters. The molecule has 0 radical (unpaired) electrons. The first-order valence-corrected chi connectivity index (χ1v) is 17.1. The Morgan fingerprint density at radius 2 is 0.942 bits per heavy atom. The zero-order valence-electron chi connectivity index (χ0n) is 27.8. The van der Waals surface area contributed by atoms with Crippen LogP contribution in [0.4, 0.5) is 17.1 Å². The van der Waals surface area contributed by atoms with Crippen LogP contribution in [-0.2, 0) is 0 Å². The number of nitrogens with zero attached hydrogens (tertiary/aromatic N) is 6. The molecule has 0 aliphatic rings. The maximum atomic E-state index is 6.16. The maximum Gasteiger partial charge on any atom is 0.139 e. The van der Waals surface area contributed by atoms with Gasteiger partial charge in [-0.25, -0.2) is 0 Å². The lowest BCUT2D eigenvalue weighted by atomic mass is 10.0. The molecule has 0 unspecified atom stereocenters. The number of aromatic nitrogens is 5. The summed E-state index contributed by atoms with van der Waals surface area (Å²) in [7, 11) is 0. The molecule has 0 fully saturated rings. The van der Waals surface area contributed by atoms with Gasteiger partial charge in [0.25, 0.3) is 0 Å². The van der Waals surface area contributed by atoms with Gasteiger partial charge in [0.2, 0.25) is 0 Å². The number of fused-ring (bicyclic) bond motifs is 5. The van der Waals surface area contributed by atoms with Crippen molar-refractivity contribution in [3.63, 3.8) is 0 Å². The molecule has 7 nitrogen and oxygen atoms in total. The molecule has 7 heteroatoms. The highest BCUT2D eigenvalue weighted by Gasteiger charge is 2.15. The number of pyridine rings is 1. The maximum absolute atomic E-state index is 6.16. The van der Waals surface area contributed by atoms with Crippen molar-refractivity contribution in [3.8, 4) is 33.5 Å². The molecule has 4 heterocycles. The van der Waals surface area contributed by atoms with E-state index in [2.05, 4.69) is 128 Å². The van der Waals surface area contributed by atoms with Crippen LogP contribution in [0, 0.1) is 0 Å². The Balaban J connectivity index is 1.02. The second-order valence-corrected chi connectivity index (χ2v) is 12.7. The second-order valence-electron chi connectivity index (χ2n) is 12.7. The summed E-state index contributed by atoms with van der Waals surface area (Å²) in [4.78, 5) is 7.09. The average molecular weight is 669 g/mol. The van der Waals surface area contributed by atoms with E-state index >= 15 is 0 Å². The minimum Gasteiger partial charge on any atom is -0.456 e. The summed E-state index contributed by atoms with van der Waals surface area (Å²) in [6.07, 6.45) is 5.36. The lowest BCUT2D eigenvalue weighted by Crippen LogP contribution is -2.09. The van der Waals surface area contributed by atoms with E-state index in [0.717, 1.165) is 94.3 Å². The quantitative estimate of drug-likeness (QED) is 0.174. The fraction of sp³-hybridized carbons (Fsp3) is 0. The summed E-state index contributed by atoms with van der Waals surface area (Å²) in [5.74, 6) is 0. The van der Waals surface area contributed by atoms with Crippen LogP contribution < -0.4 is 4.90 Å². The lowest BCUT2D eigenvalue weighted by molar-refractivity contribution is 0.668. The predicted octanol–water partition coefficient (Wildman–Crippen LogP) is 11.3. The van der Waals surface area contributed by atoms with Crippen LogP contribution >= 0.6 is 0 Å². The van der Waals surface area contributed by atoms with Crippen LogP contribution in [0.1, 0.15) is 0 Å². The van der Waals surface area contributed by atoms with Gasteiger partial charge in [0.1, 0.15) is 11.2 Å². The Hall–Kier alpha value is -7.25. The molecule has 0 saturated carbocycles. The molecular formula is C45H28N6O. The van der Waals surface area contributed by atoms with Crippen molar-refractivity contribution < 1.29 is 4.42 Å². The Morgan fingerprint density at radius 3 is 1.52 bits per heavy atom. The van der Waals surface area contributed by atoms with Gasteiger partial charge in [-0.15, -0.1) is 0 Å². The Labute approximate surface area is 298 Å². The van der Waals surface area contributed by atoms with Crippen molar-refractivity contribution in [1.82, 2.24) is 25.4 Å². The van der Waals surface area contributed by atoms with Crippen molar-refractivity contribution in [1.29, 1.82) is 0 Å². The van der Waals surface area contributed by atoms with E-state index < -0.39 is 0 Å². The number of para-hydroxylation sites is 1. The van der Waals surface area contributed by atoms with Crippen molar-refractivity contribution in [2.45, 2.75) is 0 Å². The smallest absolute Gasteiger partial charge is 0.139 e. The van der Waals surface area contributed by atoms with E-state index in [4.69, 9.17) is 9.40 Å². The standard InChI is InChI=1S/C45H28N6O/c1-2-4-44-39(3-1)40-28-46-43(27-45(40)52-44)31-9-17-38(18-10-31)51(36-13-5-29(6-14-36)32-11-19-41-34(25-32)21-23-47-49-41)37-15-7-30(8-16-37)33-12-20-42-35(26-33)22-24-48-50-42/h1-28H. The summed E-state index contributed by atoms with van der Waals surface area (Å²) in [6, 6.07) is 52.5. The molecule has 0 aliphatic carbocycles. The van der Waals surface area contributed by atoms with Gasteiger partial charge >= 0.3 is 0 Å². The van der Waals surface area contributed by atoms with E-state index in [-0.39, 0.29) is 0 Å². The fourth-order valence-corrected chi connectivity index (χ4v) is 6.95. The van der Waals surface area contributed by atoms with Gasteiger partial charge in [0.15, 0.2) is 0 Å². The molecule has 0 spiro atoms. The van der Waals surface area contributed by atoms with E-state index in [1.807, 2.05) is 54.7 Å². The van der Waals surface area contributed by atoms with Crippen LogP contribution in [-0.4, -0.2) is 25.4 Å². The van der Waals surface area contributed by atoms with Crippen LogP contribution in [0.5, 0.6) is 0 Å². The van der Waals surface area contributed by atoms with Gasteiger partial charge in [0, 0.05) is 56.4 Å². The molecule has 10 aromatic rings. The molecular weight excluding hydrogens is 641 g/mol. The first-order valence-electron chi connectivity index (χ1n) is 17.1. The van der Waals surface area contributed by atoms with Crippen LogP contribution in [0.3, 0.4) is 0 Å². The Bertz CT molecular complexity index is 2780. The highest BCUT2D eigenvalue weighted by Crippen LogP contribution is 2.38. The molecule has 0 amide bonds. The van der Waals surface area contributed by atoms with Crippen molar-refractivity contribution >= 4 is 60.8 Å². The molecule has 0 N–H and O–H groups in total. The molecule has 0 bridgehead atoms. The highest BCUT2D eigenvalue weighted by atomic mass is 16.3. The molecule has 52 heavy (non-hydrogen) atoms. The molecule has 244 valence electrons. The second kappa shape index (κ2) is 12.3. The predicted molar refractivity (Wildman–Crippen MR) is 209 cm³/mol. The van der Waals surface area contributed by atoms with Gasteiger partial charge in [-0.3, -0.25) is 4.98 Å². The minimum atomic E-state index is 0.829. The van der Waals surface area contributed by atoms with Gasteiger partial charge < -0.3 is 9.32 Å². The van der Waals surface area contributed by atoms with E-state index in [0.29, 0.717) is 0 Å². The largest absolute Gasteiger partial charge is 0.456 e. The molecule has 10 rings (SSSR count). The van der Waals surface area contributed by atoms with Gasteiger partial charge in [-0.2, -0.15) is 20.4 Å². The first kappa shape index (κ1) is 29.6. The monoisotopic (exact) mass is 668 g/mol. The van der Waals surface area contributed by atoms with Crippen LogP contribution in [0.15, 0.2) is 175 Å². The number of anilines is 3. The number of hydrogen-bond donors (Lipinski definition) is 0. The molecule has 4 aromatic heterocycles. The summed E-state index contributed by atoms with van der Waals surface area (Å²) in [5, 5.41) is 20.7. The molecule has 0 saturated heterocycles. The Morgan fingerprint density at radius 1 is 0.423 bits per heavy atom. The third-order valence-electron chi connectivity index (χ3n) is 9.63. The first-order chi connectivity index (χ1) is 25.7. The SMILES string of the molecule is c1ccc2c(c1)oc1cc(-c3ccc(N(c4ccc(-c5ccc6nnccc6c5)cc4)c4ccc(-c5ccc6nnccc6c5)cc4)cc3)ncc12. The van der Waals surface area contributed by atoms with E-state index in [9.17, 15) is 0 Å². The number of benzene rings is 6. The summed E-state index contributed by atoms with van der Waals surface area (Å²) in [5.41, 5.74) is 13.0. The van der Waals surface area contributed by atoms with Crippen molar-refractivity contribution in [3.05, 3.63) is 170 Å². The zero-order valence-corrected chi connectivity index (χ0v) is 27.8.